The van der Waals surface area contributed by atoms with E-state index < -0.39 is 18.0 Å². The third kappa shape index (κ3) is 5.84. The predicted molar refractivity (Wildman–Crippen MR) is 99.5 cm³/mol. The molecule has 0 aromatic heterocycles. The fourth-order valence-electron chi connectivity index (χ4n) is 2.71. The van der Waals surface area contributed by atoms with Crippen molar-refractivity contribution in [1.82, 2.24) is 10.6 Å². The van der Waals surface area contributed by atoms with E-state index in [1.807, 2.05) is 44.2 Å². The second-order valence-electron chi connectivity index (χ2n) is 6.65. The van der Waals surface area contributed by atoms with Crippen molar-refractivity contribution in [3.8, 4) is 0 Å². The van der Waals surface area contributed by atoms with Gasteiger partial charge in [-0.05, 0) is 24.8 Å². The van der Waals surface area contributed by atoms with Crippen LogP contribution in [0, 0.1) is 5.92 Å². The maximum atomic E-state index is 12.5. The van der Waals surface area contributed by atoms with Crippen LogP contribution in [0.15, 0.2) is 41.6 Å². The summed E-state index contributed by atoms with van der Waals surface area (Å²) in [4.78, 5) is 36.6. The van der Waals surface area contributed by atoms with Crippen LogP contribution in [-0.2, 0) is 19.1 Å². The van der Waals surface area contributed by atoms with Gasteiger partial charge in [-0.25, -0.2) is 9.59 Å². The number of hydrogen-bond donors (Lipinski definition) is 2. The molecule has 7 heteroatoms. The molecule has 0 bridgehead atoms. The van der Waals surface area contributed by atoms with Crippen LogP contribution in [0.2, 0.25) is 0 Å². The molecule has 1 aliphatic heterocycles. The summed E-state index contributed by atoms with van der Waals surface area (Å²) in [5.41, 5.74) is 1.21. The average Bonchev–Trinajstić information content (AvgIpc) is 2.65. The Hall–Kier alpha value is -2.83. The minimum Gasteiger partial charge on any atom is -0.463 e. The molecule has 7 nitrogen and oxygen atoms in total. The quantitative estimate of drug-likeness (QED) is 0.683. The van der Waals surface area contributed by atoms with Gasteiger partial charge in [0.05, 0.1) is 23.9 Å². The Morgan fingerprint density at radius 2 is 1.85 bits per heavy atom. The van der Waals surface area contributed by atoms with E-state index in [1.54, 1.807) is 6.92 Å². The van der Waals surface area contributed by atoms with Crippen molar-refractivity contribution in [2.24, 2.45) is 5.92 Å². The Kier molecular flexibility index (Phi) is 7.40. The number of hydrogen-bond acceptors (Lipinski definition) is 5. The van der Waals surface area contributed by atoms with Gasteiger partial charge in [-0.3, -0.25) is 4.79 Å². The van der Waals surface area contributed by atoms with Crippen molar-refractivity contribution >= 4 is 18.0 Å². The number of rotatable bonds is 8. The average molecular weight is 374 g/mol. The monoisotopic (exact) mass is 374 g/mol. The highest BCUT2D eigenvalue weighted by Gasteiger charge is 2.34. The number of urea groups is 1. The van der Waals surface area contributed by atoms with Gasteiger partial charge < -0.3 is 20.1 Å². The zero-order chi connectivity index (χ0) is 19.8. The molecule has 146 valence electrons. The first-order valence-electron chi connectivity index (χ1n) is 9.10. The summed E-state index contributed by atoms with van der Waals surface area (Å²) in [7, 11) is 0. The van der Waals surface area contributed by atoms with Gasteiger partial charge in [-0.2, -0.15) is 0 Å². The predicted octanol–water partition coefficient (Wildman–Crippen LogP) is 2.84. The van der Waals surface area contributed by atoms with Gasteiger partial charge in [0.2, 0.25) is 0 Å². The second-order valence-corrected chi connectivity index (χ2v) is 6.65. The number of benzene rings is 1. The Balaban J connectivity index is 2.27. The Bertz CT molecular complexity index is 712. The highest BCUT2D eigenvalue weighted by atomic mass is 16.5. The van der Waals surface area contributed by atoms with Crippen LogP contribution in [0.5, 0.6) is 0 Å². The topological polar surface area (TPSA) is 93.7 Å². The summed E-state index contributed by atoms with van der Waals surface area (Å²) in [6, 6.07) is 7.95. The molecular weight excluding hydrogens is 348 g/mol. The van der Waals surface area contributed by atoms with E-state index in [0.29, 0.717) is 12.3 Å². The molecule has 0 spiro atoms. The van der Waals surface area contributed by atoms with Crippen molar-refractivity contribution in [1.29, 1.82) is 0 Å². The minimum atomic E-state index is -0.677. The lowest BCUT2D eigenvalue weighted by Gasteiger charge is -2.29. The molecule has 0 aliphatic carbocycles. The molecule has 2 rings (SSSR count). The number of carbonyl (C=O) groups excluding carboxylic acids is 3. The fraction of sp³-hybridized carbons (Fsp3) is 0.450. The van der Waals surface area contributed by atoms with E-state index in [0.717, 1.165) is 5.56 Å². The maximum absolute atomic E-state index is 12.5. The van der Waals surface area contributed by atoms with Crippen LogP contribution in [-0.4, -0.2) is 31.2 Å². The SMILES string of the molecule is CCOC(=O)C1=C(COC(=O)CCC(C)C)NC(=O)NC1c1ccccc1. The van der Waals surface area contributed by atoms with E-state index in [-0.39, 0.29) is 36.9 Å². The molecule has 1 aromatic carbocycles. The van der Waals surface area contributed by atoms with Crippen molar-refractivity contribution < 1.29 is 23.9 Å². The highest BCUT2D eigenvalue weighted by Crippen LogP contribution is 2.27. The fourth-order valence-corrected chi connectivity index (χ4v) is 2.71. The number of amides is 2. The van der Waals surface area contributed by atoms with Crippen LogP contribution < -0.4 is 10.6 Å². The lowest BCUT2D eigenvalue weighted by molar-refractivity contribution is -0.144. The molecule has 0 fully saturated rings. The third-order valence-corrected chi connectivity index (χ3v) is 4.09. The van der Waals surface area contributed by atoms with Crippen LogP contribution in [0.4, 0.5) is 4.79 Å². The number of carbonyl (C=O) groups is 3. The van der Waals surface area contributed by atoms with E-state index in [4.69, 9.17) is 9.47 Å². The number of nitrogens with one attached hydrogen (secondary N) is 2. The van der Waals surface area contributed by atoms with Crippen LogP contribution >= 0.6 is 0 Å². The van der Waals surface area contributed by atoms with E-state index in [9.17, 15) is 14.4 Å². The highest BCUT2D eigenvalue weighted by molar-refractivity contribution is 5.95. The zero-order valence-corrected chi connectivity index (χ0v) is 15.9. The van der Waals surface area contributed by atoms with Gasteiger partial charge in [0, 0.05) is 6.42 Å². The smallest absolute Gasteiger partial charge is 0.338 e. The summed E-state index contributed by atoms with van der Waals surface area (Å²) < 4.78 is 10.4. The minimum absolute atomic E-state index is 0.193. The molecule has 2 amide bonds. The Labute approximate surface area is 159 Å². The molecule has 1 atom stereocenters. The van der Waals surface area contributed by atoms with Gasteiger partial charge in [0.15, 0.2) is 0 Å². The van der Waals surface area contributed by atoms with Gasteiger partial charge in [-0.1, -0.05) is 44.2 Å². The summed E-state index contributed by atoms with van der Waals surface area (Å²) in [6.45, 7) is 5.75. The summed E-state index contributed by atoms with van der Waals surface area (Å²) >= 11 is 0. The molecular formula is C20H26N2O5. The molecule has 2 N–H and O–H groups in total. The van der Waals surface area contributed by atoms with Crippen LogP contribution in [0.25, 0.3) is 0 Å². The van der Waals surface area contributed by atoms with Crippen LogP contribution in [0.1, 0.15) is 45.2 Å². The summed E-state index contributed by atoms with van der Waals surface area (Å²) in [6.07, 6.45) is 0.997. The van der Waals surface area contributed by atoms with Gasteiger partial charge >= 0.3 is 18.0 Å². The van der Waals surface area contributed by atoms with Crippen molar-refractivity contribution in [2.75, 3.05) is 13.2 Å². The van der Waals surface area contributed by atoms with Crippen molar-refractivity contribution in [2.45, 2.75) is 39.7 Å². The van der Waals surface area contributed by atoms with Crippen LogP contribution in [0.3, 0.4) is 0 Å². The van der Waals surface area contributed by atoms with Gasteiger partial charge in [0.1, 0.15) is 6.61 Å². The molecule has 0 saturated carbocycles. The third-order valence-electron chi connectivity index (χ3n) is 4.09. The molecule has 0 saturated heterocycles. The van der Waals surface area contributed by atoms with Gasteiger partial charge in [-0.15, -0.1) is 0 Å². The lowest BCUT2D eigenvalue weighted by atomic mass is 9.95. The largest absolute Gasteiger partial charge is 0.463 e. The van der Waals surface area contributed by atoms with E-state index in [1.165, 1.54) is 0 Å². The molecule has 1 heterocycles. The molecule has 1 unspecified atom stereocenters. The first-order valence-corrected chi connectivity index (χ1v) is 9.10. The van der Waals surface area contributed by atoms with Crippen molar-refractivity contribution in [3.05, 3.63) is 47.2 Å². The molecule has 0 radical (unpaired) electrons. The Morgan fingerprint density at radius 1 is 1.15 bits per heavy atom. The number of ether oxygens (including phenoxy) is 2. The van der Waals surface area contributed by atoms with E-state index in [2.05, 4.69) is 10.6 Å². The Morgan fingerprint density at radius 3 is 2.48 bits per heavy atom. The first kappa shape index (κ1) is 20.5. The molecule has 1 aliphatic rings. The second kappa shape index (κ2) is 9.75. The lowest BCUT2D eigenvalue weighted by Crippen LogP contribution is -2.47. The normalized spacial score (nSPS) is 16.6. The standard InChI is InChI=1S/C20H26N2O5/c1-4-26-19(24)17-15(12-27-16(23)11-10-13(2)3)21-20(25)22-18(17)14-8-6-5-7-9-14/h5-9,13,18H,4,10-12H2,1-3H3,(H2,21,22,25). The zero-order valence-electron chi connectivity index (χ0n) is 15.9. The van der Waals surface area contributed by atoms with Gasteiger partial charge in [0.25, 0.3) is 0 Å². The molecule has 1 aromatic rings. The number of esters is 2. The maximum Gasteiger partial charge on any atom is 0.338 e. The van der Waals surface area contributed by atoms with Crippen molar-refractivity contribution in [3.63, 3.8) is 0 Å². The summed E-state index contributed by atoms with van der Waals surface area (Å²) in [5, 5.41) is 5.31. The molecule has 27 heavy (non-hydrogen) atoms. The summed E-state index contributed by atoms with van der Waals surface area (Å²) in [5.74, 6) is -0.552. The van der Waals surface area contributed by atoms with E-state index >= 15 is 0 Å². The first-order chi connectivity index (χ1) is 12.9.